The summed E-state index contributed by atoms with van der Waals surface area (Å²) in [5, 5.41) is 17.6. The van der Waals surface area contributed by atoms with E-state index in [-0.39, 0.29) is 0 Å². The average Bonchev–Trinajstić information content (AvgIpc) is 3.01. The number of benzene rings is 1. The van der Waals surface area contributed by atoms with Crippen LogP contribution in [-0.4, -0.2) is 58.4 Å². The fraction of sp³-hybridized carbons (Fsp3) is 0.529. The number of aromatic nitrogens is 3. The van der Waals surface area contributed by atoms with Crippen LogP contribution in [0.25, 0.3) is 0 Å². The van der Waals surface area contributed by atoms with Crippen molar-refractivity contribution in [2.75, 3.05) is 33.4 Å². The summed E-state index contributed by atoms with van der Waals surface area (Å²) in [6, 6.07) is 8.41. The molecule has 1 saturated heterocycles. The molecule has 2 aromatic rings. The van der Waals surface area contributed by atoms with E-state index in [1.807, 2.05) is 29.1 Å². The molecule has 1 fully saturated rings. The summed E-state index contributed by atoms with van der Waals surface area (Å²) in [7, 11) is 1.67. The largest absolute Gasteiger partial charge is 0.491 e. The SMILES string of the molecule is COCCOc1ccccc1CN1CC(n2cc(C(C)O)nn2)C1. The lowest BCUT2D eigenvalue weighted by atomic mass is 10.1. The molecule has 3 rings (SSSR count). The maximum absolute atomic E-state index is 9.53. The van der Waals surface area contributed by atoms with Crippen LogP contribution >= 0.6 is 0 Å². The van der Waals surface area contributed by atoms with Gasteiger partial charge in [-0.25, -0.2) is 4.68 Å². The van der Waals surface area contributed by atoms with Gasteiger partial charge in [0.25, 0.3) is 0 Å². The highest BCUT2D eigenvalue weighted by Crippen LogP contribution is 2.26. The van der Waals surface area contributed by atoms with E-state index in [2.05, 4.69) is 21.3 Å². The van der Waals surface area contributed by atoms with Crippen molar-refractivity contribution < 1.29 is 14.6 Å². The van der Waals surface area contributed by atoms with Gasteiger partial charge in [0.15, 0.2) is 0 Å². The Morgan fingerprint density at radius 2 is 2.08 bits per heavy atom. The van der Waals surface area contributed by atoms with Crippen LogP contribution in [0, 0.1) is 0 Å². The molecule has 7 nitrogen and oxygen atoms in total. The molecule has 7 heteroatoms. The van der Waals surface area contributed by atoms with E-state index in [0.29, 0.717) is 24.9 Å². The zero-order valence-corrected chi connectivity index (χ0v) is 14.1. The van der Waals surface area contributed by atoms with Gasteiger partial charge in [-0.3, -0.25) is 4.90 Å². The van der Waals surface area contributed by atoms with E-state index >= 15 is 0 Å². The normalized spacial score (nSPS) is 16.8. The van der Waals surface area contributed by atoms with Crippen LogP contribution in [0.3, 0.4) is 0 Å². The Bertz CT molecular complexity index is 653. The van der Waals surface area contributed by atoms with Crippen LogP contribution in [0.5, 0.6) is 5.75 Å². The lowest BCUT2D eigenvalue weighted by Crippen LogP contribution is -2.47. The van der Waals surface area contributed by atoms with Crippen LogP contribution in [0.15, 0.2) is 30.5 Å². The smallest absolute Gasteiger partial charge is 0.123 e. The molecule has 24 heavy (non-hydrogen) atoms. The van der Waals surface area contributed by atoms with Crippen LogP contribution in [0.2, 0.25) is 0 Å². The number of likely N-dealkylation sites (tertiary alicyclic amines) is 1. The second-order valence-electron chi connectivity index (χ2n) is 6.10. The van der Waals surface area contributed by atoms with Crippen molar-refractivity contribution in [2.45, 2.75) is 25.6 Å². The van der Waals surface area contributed by atoms with Gasteiger partial charge >= 0.3 is 0 Å². The second kappa shape index (κ2) is 7.74. The van der Waals surface area contributed by atoms with Gasteiger partial charge in [0.2, 0.25) is 0 Å². The monoisotopic (exact) mass is 332 g/mol. The molecule has 0 bridgehead atoms. The molecule has 0 saturated carbocycles. The molecule has 1 atom stereocenters. The summed E-state index contributed by atoms with van der Waals surface area (Å²) >= 11 is 0. The van der Waals surface area contributed by atoms with Crippen molar-refractivity contribution in [3.63, 3.8) is 0 Å². The van der Waals surface area contributed by atoms with Crippen molar-refractivity contribution in [2.24, 2.45) is 0 Å². The maximum atomic E-state index is 9.53. The molecule has 0 amide bonds. The quantitative estimate of drug-likeness (QED) is 0.737. The Morgan fingerprint density at radius 1 is 1.29 bits per heavy atom. The summed E-state index contributed by atoms with van der Waals surface area (Å²) in [5.74, 6) is 0.912. The van der Waals surface area contributed by atoms with E-state index in [1.54, 1.807) is 14.0 Å². The number of nitrogens with zero attached hydrogens (tertiary/aromatic N) is 4. The maximum Gasteiger partial charge on any atom is 0.123 e. The van der Waals surface area contributed by atoms with E-state index in [9.17, 15) is 5.11 Å². The molecule has 130 valence electrons. The van der Waals surface area contributed by atoms with Crippen LogP contribution in [-0.2, 0) is 11.3 Å². The minimum absolute atomic E-state index is 0.312. The zero-order chi connectivity index (χ0) is 16.9. The lowest BCUT2D eigenvalue weighted by molar-refractivity contribution is 0.0875. The Balaban J connectivity index is 1.53. The first-order valence-electron chi connectivity index (χ1n) is 8.19. The van der Waals surface area contributed by atoms with E-state index in [4.69, 9.17) is 9.47 Å². The van der Waals surface area contributed by atoms with Crippen LogP contribution in [0.1, 0.15) is 30.3 Å². The fourth-order valence-corrected chi connectivity index (χ4v) is 2.75. The molecule has 1 unspecified atom stereocenters. The number of hydrogen-bond donors (Lipinski definition) is 1. The fourth-order valence-electron chi connectivity index (χ4n) is 2.75. The number of aliphatic hydroxyl groups excluding tert-OH is 1. The van der Waals surface area contributed by atoms with Crippen molar-refractivity contribution in [3.05, 3.63) is 41.7 Å². The summed E-state index contributed by atoms with van der Waals surface area (Å²) in [6.45, 7) is 5.50. The summed E-state index contributed by atoms with van der Waals surface area (Å²) < 4.78 is 12.7. The molecule has 0 radical (unpaired) electrons. The Kier molecular flexibility index (Phi) is 5.44. The molecule has 0 aliphatic carbocycles. The lowest BCUT2D eigenvalue weighted by Gasteiger charge is -2.39. The molecule has 1 N–H and O–H groups in total. The molecule has 1 aromatic carbocycles. The summed E-state index contributed by atoms with van der Waals surface area (Å²) in [6.07, 6.45) is 1.25. The summed E-state index contributed by atoms with van der Waals surface area (Å²) in [5.41, 5.74) is 1.79. The first-order valence-corrected chi connectivity index (χ1v) is 8.19. The van der Waals surface area contributed by atoms with Gasteiger partial charge in [-0.2, -0.15) is 0 Å². The molecular formula is C17H24N4O3. The number of para-hydroxylation sites is 1. The highest BCUT2D eigenvalue weighted by molar-refractivity contribution is 5.33. The minimum Gasteiger partial charge on any atom is -0.491 e. The minimum atomic E-state index is -0.578. The molecule has 1 aliphatic rings. The molecule has 1 aliphatic heterocycles. The van der Waals surface area contributed by atoms with Crippen LogP contribution < -0.4 is 4.74 Å². The number of aliphatic hydroxyl groups is 1. The van der Waals surface area contributed by atoms with Gasteiger partial charge in [-0.05, 0) is 13.0 Å². The third-order valence-corrected chi connectivity index (χ3v) is 4.18. The third kappa shape index (κ3) is 3.92. The van der Waals surface area contributed by atoms with Crippen molar-refractivity contribution in [1.82, 2.24) is 19.9 Å². The standard InChI is InChI=1S/C17H24N4O3/c1-13(22)16-12-21(19-18-16)15-10-20(11-15)9-14-5-3-4-6-17(14)24-8-7-23-2/h3-6,12-13,15,22H,7-11H2,1-2H3. The number of hydrogen-bond acceptors (Lipinski definition) is 6. The van der Waals surface area contributed by atoms with Crippen molar-refractivity contribution in [1.29, 1.82) is 0 Å². The number of rotatable bonds is 8. The van der Waals surface area contributed by atoms with Gasteiger partial charge < -0.3 is 14.6 Å². The molecule has 2 heterocycles. The number of ether oxygens (including phenoxy) is 2. The molecule has 0 spiro atoms. The predicted molar refractivity (Wildman–Crippen MR) is 88.8 cm³/mol. The van der Waals surface area contributed by atoms with Gasteiger partial charge in [-0.15, -0.1) is 5.10 Å². The van der Waals surface area contributed by atoms with E-state index < -0.39 is 6.10 Å². The van der Waals surface area contributed by atoms with Gasteiger partial charge in [0, 0.05) is 32.3 Å². The molecular weight excluding hydrogens is 308 g/mol. The highest BCUT2D eigenvalue weighted by Gasteiger charge is 2.29. The molecule has 1 aromatic heterocycles. The zero-order valence-electron chi connectivity index (χ0n) is 14.1. The first kappa shape index (κ1) is 16.9. The average molecular weight is 332 g/mol. The predicted octanol–water partition coefficient (Wildman–Crippen LogP) is 1.41. The van der Waals surface area contributed by atoms with Crippen molar-refractivity contribution >= 4 is 0 Å². The third-order valence-electron chi connectivity index (χ3n) is 4.18. The Labute approximate surface area is 141 Å². The Morgan fingerprint density at radius 3 is 2.79 bits per heavy atom. The highest BCUT2D eigenvalue weighted by atomic mass is 16.5. The van der Waals surface area contributed by atoms with Gasteiger partial charge in [0.1, 0.15) is 18.1 Å². The first-order chi connectivity index (χ1) is 11.7. The second-order valence-corrected chi connectivity index (χ2v) is 6.10. The van der Waals surface area contributed by atoms with Crippen molar-refractivity contribution in [3.8, 4) is 5.75 Å². The van der Waals surface area contributed by atoms with Crippen LogP contribution in [0.4, 0.5) is 0 Å². The summed E-state index contributed by atoms with van der Waals surface area (Å²) in [4.78, 5) is 2.34. The van der Waals surface area contributed by atoms with E-state index in [1.165, 1.54) is 5.56 Å². The topological polar surface area (TPSA) is 72.6 Å². The van der Waals surface area contributed by atoms with Gasteiger partial charge in [-0.1, -0.05) is 23.4 Å². The van der Waals surface area contributed by atoms with E-state index in [0.717, 1.165) is 25.4 Å². The Hall–Kier alpha value is -1.96. The van der Waals surface area contributed by atoms with Gasteiger partial charge in [0.05, 0.1) is 24.9 Å². The number of methoxy groups -OCH3 is 1.